The van der Waals surface area contributed by atoms with E-state index in [2.05, 4.69) is 41.5 Å². The minimum atomic E-state index is -0.831. The zero-order chi connectivity index (χ0) is 23.7. The van der Waals surface area contributed by atoms with Crippen LogP contribution in [0.15, 0.2) is 0 Å². The van der Waals surface area contributed by atoms with Crippen molar-refractivity contribution >= 4 is 39.5 Å². The highest BCUT2D eigenvalue weighted by Crippen LogP contribution is 2.29. The van der Waals surface area contributed by atoms with Crippen LogP contribution in [0.4, 0.5) is 0 Å². The van der Waals surface area contributed by atoms with Crippen LogP contribution in [0.2, 0.25) is 0 Å². The molecule has 0 aromatic rings. The molecule has 0 fully saturated rings. The van der Waals surface area contributed by atoms with Gasteiger partial charge in [0, 0.05) is 11.5 Å². The van der Waals surface area contributed by atoms with Gasteiger partial charge in [-0.2, -0.15) is 0 Å². The fourth-order valence-corrected chi connectivity index (χ4v) is 4.24. The molecule has 172 valence electrons. The highest BCUT2D eigenvalue weighted by Gasteiger charge is 2.32. The zero-order valence-electron chi connectivity index (χ0n) is 20.5. The third kappa shape index (κ3) is 15.2. The summed E-state index contributed by atoms with van der Waals surface area (Å²) in [4.78, 5) is 34.6. The van der Waals surface area contributed by atoms with E-state index in [0.29, 0.717) is 0 Å². The molecule has 0 atom stereocenters. The molecule has 0 aliphatic carbocycles. The van der Waals surface area contributed by atoms with E-state index in [9.17, 15) is 14.4 Å². The van der Waals surface area contributed by atoms with E-state index in [-0.39, 0.29) is 33.5 Å². The SMILES string of the molecule is CC(=O)C(C)(C)C(=O)SCCC(C)(C)C.CC(C)(C)CCSC(=O)C(C)(C)CO. The van der Waals surface area contributed by atoms with Gasteiger partial charge in [-0.3, -0.25) is 14.4 Å². The van der Waals surface area contributed by atoms with E-state index in [4.69, 9.17) is 5.11 Å². The topological polar surface area (TPSA) is 71.4 Å². The molecular formula is C23H44O4S2. The fourth-order valence-electron chi connectivity index (χ4n) is 1.48. The second-order valence-electron chi connectivity index (χ2n) is 11.1. The maximum absolute atomic E-state index is 11.7. The number of carbonyl (C=O) groups is 3. The second-order valence-corrected chi connectivity index (χ2v) is 13.3. The maximum Gasteiger partial charge on any atom is 0.201 e. The Kier molecular flexibility index (Phi) is 13.3. The molecule has 0 aromatic carbocycles. The number of hydrogen-bond donors (Lipinski definition) is 1. The van der Waals surface area contributed by atoms with Gasteiger partial charge >= 0.3 is 0 Å². The minimum Gasteiger partial charge on any atom is -0.395 e. The van der Waals surface area contributed by atoms with Gasteiger partial charge in [-0.15, -0.1) is 0 Å². The van der Waals surface area contributed by atoms with Crippen LogP contribution >= 0.6 is 23.5 Å². The van der Waals surface area contributed by atoms with Gasteiger partial charge < -0.3 is 5.11 Å². The Balaban J connectivity index is 0. The standard InChI is InChI=1S/C12H22O2S.C11H22O2S/c1-9(13)12(5,6)10(14)15-8-7-11(2,3)4;1-10(2,3)6-7-14-9(13)11(4,5)8-12/h7-8H2,1-6H3;12H,6-8H2,1-5H3. The number of aliphatic hydroxyl groups is 1. The smallest absolute Gasteiger partial charge is 0.201 e. The number of aliphatic hydroxyl groups excluding tert-OH is 1. The largest absolute Gasteiger partial charge is 0.395 e. The van der Waals surface area contributed by atoms with Crippen LogP contribution in [0.1, 0.15) is 89.0 Å². The Labute approximate surface area is 187 Å². The zero-order valence-corrected chi connectivity index (χ0v) is 22.2. The summed E-state index contributed by atoms with van der Waals surface area (Å²) in [5.74, 6) is 1.57. The van der Waals surface area contributed by atoms with E-state index < -0.39 is 10.8 Å². The lowest BCUT2D eigenvalue weighted by molar-refractivity contribution is -0.132. The average molecular weight is 449 g/mol. The molecular weight excluding hydrogens is 404 g/mol. The Bertz CT molecular complexity index is 538. The number of rotatable bonds is 8. The lowest BCUT2D eigenvalue weighted by atomic mass is 9.91. The molecule has 0 saturated heterocycles. The van der Waals surface area contributed by atoms with Crippen molar-refractivity contribution in [1.82, 2.24) is 0 Å². The van der Waals surface area contributed by atoms with Crippen molar-refractivity contribution in [1.29, 1.82) is 0 Å². The monoisotopic (exact) mass is 448 g/mol. The van der Waals surface area contributed by atoms with Crippen molar-refractivity contribution in [2.75, 3.05) is 18.1 Å². The molecule has 0 aliphatic heterocycles. The van der Waals surface area contributed by atoms with Gasteiger partial charge in [0.1, 0.15) is 5.78 Å². The fraction of sp³-hybridized carbons (Fsp3) is 0.870. The van der Waals surface area contributed by atoms with Crippen LogP contribution in [0, 0.1) is 21.7 Å². The lowest BCUT2D eigenvalue weighted by Gasteiger charge is -2.21. The molecule has 29 heavy (non-hydrogen) atoms. The molecule has 0 bridgehead atoms. The van der Waals surface area contributed by atoms with Crippen LogP contribution in [-0.2, 0) is 14.4 Å². The van der Waals surface area contributed by atoms with Gasteiger partial charge in [-0.1, -0.05) is 65.1 Å². The number of thioether (sulfide) groups is 2. The third-order valence-corrected chi connectivity index (χ3v) is 6.91. The number of Topliss-reactive ketones (excluding diaryl/α,β-unsaturated/α-hetero) is 1. The summed E-state index contributed by atoms with van der Waals surface area (Å²) in [5, 5.41) is 9.06. The lowest BCUT2D eigenvalue weighted by Crippen LogP contribution is -2.29. The van der Waals surface area contributed by atoms with E-state index in [1.165, 1.54) is 30.4 Å². The van der Waals surface area contributed by atoms with Crippen molar-refractivity contribution in [3.63, 3.8) is 0 Å². The van der Waals surface area contributed by atoms with Gasteiger partial charge in [0.25, 0.3) is 0 Å². The molecule has 0 unspecified atom stereocenters. The van der Waals surface area contributed by atoms with E-state index in [1.807, 2.05) is 0 Å². The molecule has 0 aliphatic rings. The predicted molar refractivity (Wildman–Crippen MR) is 128 cm³/mol. The molecule has 0 radical (unpaired) electrons. The Hall–Kier alpha value is -0.330. The molecule has 0 rings (SSSR count). The highest BCUT2D eigenvalue weighted by atomic mass is 32.2. The molecule has 0 aromatic heterocycles. The van der Waals surface area contributed by atoms with E-state index in [1.54, 1.807) is 27.7 Å². The predicted octanol–water partition coefficient (Wildman–Crippen LogP) is 6.00. The molecule has 0 amide bonds. The first-order chi connectivity index (χ1) is 12.8. The summed E-state index contributed by atoms with van der Waals surface area (Å²) < 4.78 is 0. The Morgan fingerprint density at radius 2 is 1.03 bits per heavy atom. The summed E-state index contributed by atoms with van der Waals surface area (Å²) in [6.07, 6.45) is 2.00. The molecule has 0 heterocycles. The summed E-state index contributed by atoms with van der Waals surface area (Å²) in [6, 6.07) is 0. The Morgan fingerprint density at radius 3 is 1.31 bits per heavy atom. The summed E-state index contributed by atoms with van der Waals surface area (Å²) in [5.41, 5.74) is -0.907. The molecule has 1 N–H and O–H groups in total. The van der Waals surface area contributed by atoms with Gasteiger partial charge in [-0.05, 0) is 58.3 Å². The molecule has 0 saturated carbocycles. The van der Waals surface area contributed by atoms with Gasteiger partial charge in [0.15, 0.2) is 5.12 Å². The molecule has 0 spiro atoms. The van der Waals surface area contributed by atoms with Crippen molar-refractivity contribution in [3.05, 3.63) is 0 Å². The normalized spacial score (nSPS) is 12.8. The van der Waals surface area contributed by atoms with Gasteiger partial charge in [-0.25, -0.2) is 0 Å². The highest BCUT2D eigenvalue weighted by molar-refractivity contribution is 8.14. The van der Waals surface area contributed by atoms with Gasteiger partial charge in [0.05, 0.1) is 17.4 Å². The van der Waals surface area contributed by atoms with E-state index in [0.717, 1.165) is 24.3 Å². The van der Waals surface area contributed by atoms with Crippen LogP contribution < -0.4 is 0 Å². The average Bonchev–Trinajstić information content (AvgIpc) is 2.52. The van der Waals surface area contributed by atoms with E-state index >= 15 is 0 Å². The van der Waals surface area contributed by atoms with Crippen molar-refractivity contribution in [3.8, 4) is 0 Å². The third-order valence-electron chi connectivity index (χ3n) is 4.51. The number of ketones is 1. The second kappa shape index (κ2) is 12.5. The number of hydrogen-bond acceptors (Lipinski definition) is 6. The van der Waals surface area contributed by atoms with Gasteiger partial charge in [0.2, 0.25) is 5.12 Å². The van der Waals surface area contributed by atoms with Crippen LogP contribution in [0.5, 0.6) is 0 Å². The molecule has 6 heteroatoms. The quantitative estimate of drug-likeness (QED) is 0.459. The first kappa shape index (κ1) is 30.9. The van der Waals surface area contributed by atoms with Crippen molar-refractivity contribution in [2.45, 2.75) is 89.0 Å². The summed E-state index contributed by atoms with van der Waals surface area (Å²) in [7, 11) is 0. The first-order valence-electron chi connectivity index (χ1n) is 10.2. The minimum absolute atomic E-state index is 0.0146. The van der Waals surface area contributed by atoms with Crippen molar-refractivity contribution < 1.29 is 19.5 Å². The first-order valence-corrected chi connectivity index (χ1v) is 12.2. The Morgan fingerprint density at radius 1 is 0.690 bits per heavy atom. The van der Waals surface area contributed by atoms with Crippen LogP contribution in [-0.4, -0.2) is 39.2 Å². The summed E-state index contributed by atoms with van der Waals surface area (Å²) in [6.45, 7) is 21.3. The summed E-state index contributed by atoms with van der Waals surface area (Å²) >= 11 is 2.61. The van der Waals surface area contributed by atoms with Crippen LogP contribution in [0.3, 0.4) is 0 Å². The number of carbonyl (C=O) groups excluding carboxylic acids is 3. The maximum atomic E-state index is 11.7. The van der Waals surface area contributed by atoms with Crippen LogP contribution in [0.25, 0.3) is 0 Å². The van der Waals surface area contributed by atoms with Crippen molar-refractivity contribution in [2.24, 2.45) is 21.7 Å². The molecule has 4 nitrogen and oxygen atoms in total.